The fourth-order valence-electron chi connectivity index (χ4n) is 5.09. The summed E-state index contributed by atoms with van der Waals surface area (Å²) in [4.78, 5) is 17.7. The van der Waals surface area contributed by atoms with Crippen molar-refractivity contribution >= 4 is 29.1 Å². The minimum Gasteiger partial charge on any atom is -0.378 e. The molecule has 0 fully saturated rings. The molecule has 0 bridgehead atoms. The third kappa shape index (κ3) is 8.63. The fraction of sp³-hybridized carbons (Fsp3) is 0.222. The van der Waals surface area contributed by atoms with E-state index in [9.17, 15) is 18.0 Å². The number of nitrogens with one attached hydrogen (secondary N) is 1. The molecular formula is C36H33Cl2F3N4O3. The second kappa shape index (κ2) is 16.3. The maximum atomic E-state index is 13.4. The van der Waals surface area contributed by atoms with E-state index >= 15 is 0 Å². The van der Waals surface area contributed by atoms with Crippen LogP contribution in [-0.2, 0) is 22.2 Å². The van der Waals surface area contributed by atoms with Crippen molar-refractivity contribution in [2.24, 2.45) is 5.73 Å². The summed E-state index contributed by atoms with van der Waals surface area (Å²) in [5.74, 6) is 0.166. The van der Waals surface area contributed by atoms with Crippen molar-refractivity contribution in [1.29, 1.82) is 0 Å². The Morgan fingerprint density at radius 3 is 2.00 bits per heavy atom. The zero-order valence-electron chi connectivity index (χ0n) is 25.8. The maximum Gasteiger partial charge on any atom is 0.416 e. The Morgan fingerprint density at radius 2 is 1.40 bits per heavy atom. The highest BCUT2D eigenvalue weighted by atomic mass is 35.5. The number of nitrogens with zero attached hydrogens (tertiary/aromatic N) is 2. The lowest BCUT2D eigenvalue weighted by Gasteiger charge is -2.16. The molecule has 0 saturated carbocycles. The normalized spacial score (nSPS) is 11.5. The van der Waals surface area contributed by atoms with Crippen molar-refractivity contribution in [2.45, 2.75) is 12.7 Å². The second-order valence-electron chi connectivity index (χ2n) is 10.7. The van der Waals surface area contributed by atoms with Crippen LogP contribution in [0.3, 0.4) is 0 Å². The molecule has 12 heteroatoms. The first-order valence-corrected chi connectivity index (χ1v) is 15.9. The van der Waals surface area contributed by atoms with Gasteiger partial charge < -0.3 is 25.1 Å². The number of benzene rings is 4. The molecule has 0 radical (unpaired) electrons. The van der Waals surface area contributed by atoms with Gasteiger partial charge in [-0.05, 0) is 42.0 Å². The Hall–Kier alpha value is -4.19. The van der Waals surface area contributed by atoms with Crippen molar-refractivity contribution in [1.82, 2.24) is 14.9 Å². The Bertz CT molecular complexity index is 1830. The van der Waals surface area contributed by atoms with Crippen LogP contribution in [-0.4, -0.2) is 55.0 Å². The van der Waals surface area contributed by atoms with Crippen LogP contribution in [0.15, 0.2) is 97.1 Å². The van der Waals surface area contributed by atoms with Gasteiger partial charge in [0.15, 0.2) is 0 Å². The topological polar surface area (TPSA) is 91.4 Å². The van der Waals surface area contributed by atoms with Crippen LogP contribution in [0.2, 0.25) is 10.0 Å². The van der Waals surface area contributed by atoms with E-state index in [1.54, 1.807) is 30.3 Å². The van der Waals surface area contributed by atoms with E-state index in [2.05, 4.69) is 5.32 Å². The first-order valence-electron chi connectivity index (χ1n) is 15.2. The predicted molar refractivity (Wildman–Crippen MR) is 182 cm³/mol. The molecule has 5 rings (SSSR count). The Balaban J connectivity index is 1.48. The highest BCUT2D eigenvalue weighted by Crippen LogP contribution is 2.42. The van der Waals surface area contributed by atoms with Gasteiger partial charge in [-0.25, -0.2) is 4.98 Å². The summed E-state index contributed by atoms with van der Waals surface area (Å²) in [6, 6.07) is 26.4. The molecule has 1 aromatic heterocycles. The molecule has 7 nitrogen and oxygen atoms in total. The average Bonchev–Trinajstić information content (AvgIpc) is 3.44. The van der Waals surface area contributed by atoms with Gasteiger partial charge in [-0.3, -0.25) is 4.79 Å². The van der Waals surface area contributed by atoms with Crippen LogP contribution in [0.4, 0.5) is 13.2 Å². The van der Waals surface area contributed by atoms with Crippen molar-refractivity contribution < 1.29 is 27.4 Å². The van der Waals surface area contributed by atoms with Gasteiger partial charge in [0.2, 0.25) is 0 Å². The zero-order valence-corrected chi connectivity index (χ0v) is 27.3. The molecule has 4 aromatic carbocycles. The second-order valence-corrected chi connectivity index (χ2v) is 11.5. The molecule has 48 heavy (non-hydrogen) atoms. The largest absolute Gasteiger partial charge is 0.416 e. The number of imidazole rings is 1. The molecule has 0 saturated heterocycles. The quantitative estimate of drug-likeness (QED) is 0.115. The monoisotopic (exact) mass is 696 g/mol. The number of hydrogen-bond donors (Lipinski definition) is 2. The van der Waals surface area contributed by atoms with Gasteiger partial charge >= 0.3 is 6.18 Å². The lowest BCUT2D eigenvalue weighted by Crippen LogP contribution is -2.27. The third-order valence-electron chi connectivity index (χ3n) is 7.42. The van der Waals surface area contributed by atoms with Gasteiger partial charge in [0, 0.05) is 46.9 Å². The smallest absolute Gasteiger partial charge is 0.378 e. The van der Waals surface area contributed by atoms with Gasteiger partial charge in [0.25, 0.3) is 5.91 Å². The number of carbonyl (C=O) groups is 1. The average molecular weight is 698 g/mol. The Morgan fingerprint density at radius 1 is 0.792 bits per heavy atom. The fourth-order valence-corrected chi connectivity index (χ4v) is 5.54. The SMILES string of the molecule is NCCOCCOCCNC(=O)c1ccc(Cn2c(-c3ccc(C(F)(F)F)cc3)nc(-c3ccccc3Cl)c2-c2ccccc2Cl)cc1. The number of nitrogens with two attached hydrogens (primary N) is 1. The standard InChI is InChI=1S/C36H33Cl2F3N4O3/c37-30-7-3-1-5-28(30)32-33(29-6-2-4-8-31(29)38)45(34(44-32)25-13-15-27(16-14-25)36(39,40)41)23-24-9-11-26(12-10-24)35(46)43-18-20-48-22-21-47-19-17-42/h1-16H,17-23,42H2,(H,43,46). The summed E-state index contributed by atoms with van der Waals surface area (Å²) >= 11 is 13.4. The molecule has 250 valence electrons. The highest BCUT2D eigenvalue weighted by Gasteiger charge is 2.31. The van der Waals surface area contributed by atoms with Gasteiger partial charge in [-0.2, -0.15) is 13.2 Å². The molecule has 0 aliphatic rings. The van der Waals surface area contributed by atoms with Gasteiger partial charge in [0.05, 0.1) is 48.4 Å². The summed E-state index contributed by atoms with van der Waals surface area (Å²) in [7, 11) is 0. The van der Waals surface area contributed by atoms with Gasteiger partial charge in [-0.15, -0.1) is 0 Å². The maximum absolute atomic E-state index is 13.4. The Kier molecular flexibility index (Phi) is 11.9. The predicted octanol–water partition coefficient (Wildman–Crippen LogP) is 7.98. The lowest BCUT2D eigenvalue weighted by atomic mass is 10.0. The van der Waals surface area contributed by atoms with Crippen LogP contribution >= 0.6 is 23.2 Å². The first-order chi connectivity index (χ1) is 23.2. The van der Waals surface area contributed by atoms with Gasteiger partial charge in [-0.1, -0.05) is 83.9 Å². The molecular weight excluding hydrogens is 664 g/mol. The molecule has 0 atom stereocenters. The van der Waals surface area contributed by atoms with Crippen LogP contribution in [0.25, 0.3) is 33.9 Å². The van der Waals surface area contributed by atoms with E-state index in [1.807, 2.05) is 47.0 Å². The van der Waals surface area contributed by atoms with Crippen LogP contribution in [0, 0.1) is 0 Å². The van der Waals surface area contributed by atoms with E-state index in [4.69, 9.17) is 43.4 Å². The van der Waals surface area contributed by atoms with Crippen LogP contribution in [0.1, 0.15) is 21.5 Å². The number of halogens is 5. The number of rotatable bonds is 14. The summed E-state index contributed by atoms with van der Waals surface area (Å²) in [6.45, 7) is 2.68. The van der Waals surface area contributed by atoms with Crippen LogP contribution < -0.4 is 11.1 Å². The van der Waals surface area contributed by atoms with Crippen LogP contribution in [0.5, 0.6) is 0 Å². The molecule has 0 aliphatic carbocycles. The summed E-state index contributed by atoms with van der Waals surface area (Å²) in [5.41, 5.74) is 8.83. The molecule has 1 amide bonds. The molecule has 0 unspecified atom stereocenters. The van der Waals surface area contributed by atoms with E-state index < -0.39 is 11.7 Å². The third-order valence-corrected chi connectivity index (χ3v) is 8.08. The number of ether oxygens (including phenoxy) is 2. The minimum atomic E-state index is -4.49. The highest BCUT2D eigenvalue weighted by molar-refractivity contribution is 6.34. The zero-order chi connectivity index (χ0) is 34.1. The molecule has 5 aromatic rings. The number of alkyl halides is 3. The number of amides is 1. The molecule has 1 heterocycles. The van der Waals surface area contributed by atoms with Crippen molar-refractivity contribution in [3.63, 3.8) is 0 Å². The van der Waals surface area contributed by atoms with Crippen molar-refractivity contribution in [3.8, 4) is 33.9 Å². The molecule has 3 N–H and O–H groups in total. The number of carbonyl (C=O) groups excluding carboxylic acids is 1. The van der Waals surface area contributed by atoms with E-state index in [-0.39, 0.29) is 12.5 Å². The molecule has 0 aliphatic heterocycles. The lowest BCUT2D eigenvalue weighted by molar-refractivity contribution is -0.137. The minimum absolute atomic E-state index is 0.254. The van der Waals surface area contributed by atoms with E-state index in [1.165, 1.54) is 12.1 Å². The molecule has 0 spiro atoms. The number of aromatic nitrogens is 2. The summed E-state index contributed by atoms with van der Waals surface area (Å²) in [6.07, 6.45) is -4.49. The van der Waals surface area contributed by atoms with Gasteiger partial charge in [0.1, 0.15) is 5.82 Å². The van der Waals surface area contributed by atoms with E-state index in [0.29, 0.717) is 89.0 Å². The first kappa shape index (κ1) is 35.1. The van der Waals surface area contributed by atoms with E-state index in [0.717, 1.165) is 17.7 Å². The van der Waals surface area contributed by atoms with Crippen molar-refractivity contribution in [2.75, 3.05) is 39.5 Å². The Labute approximate surface area is 286 Å². The summed E-state index contributed by atoms with van der Waals surface area (Å²) in [5, 5.41) is 3.75. The number of hydrogen-bond acceptors (Lipinski definition) is 5. The van der Waals surface area contributed by atoms with Crippen molar-refractivity contribution in [3.05, 3.63) is 124 Å². The summed E-state index contributed by atoms with van der Waals surface area (Å²) < 4.78 is 52.9.